The van der Waals surface area contributed by atoms with Crippen LogP contribution in [0.3, 0.4) is 0 Å². The summed E-state index contributed by atoms with van der Waals surface area (Å²) in [5.74, 6) is -1.86. The van der Waals surface area contributed by atoms with Gasteiger partial charge in [0.2, 0.25) is 0 Å². The molecule has 0 fully saturated rings. The molecule has 1 rings (SSSR count). The zero-order valence-electron chi connectivity index (χ0n) is 8.71. The number of aromatic nitrogens is 1. The molecule has 1 aromatic rings. The first-order valence-electron chi connectivity index (χ1n) is 4.44. The molecule has 1 heterocycles. The fourth-order valence-corrected chi connectivity index (χ4v) is 1.15. The van der Waals surface area contributed by atoms with E-state index in [1.165, 1.54) is 6.07 Å². The first-order valence-corrected chi connectivity index (χ1v) is 4.44. The van der Waals surface area contributed by atoms with Gasteiger partial charge < -0.3 is 4.74 Å². The van der Waals surface area contributed by atoms with Crippen molar-refractivity contribution in [3.63, 3.8) is 0 Å². The molecule has 0 amide bonds. The minimum Gasteiger partial charge on any atom is -0.469 e. The SMILES string of the molecule is COC(=O)Cc1c(F)cc(C(F)F)nc1C#N. The van der Waals surface area contributed by atoms with Gasteiger partial charge in [0.05, 0.1) is 13.5 Å². The molecule has 0 spiro atoms. The molecule has 0 radical (unpaired) electrons. The van der Waals surface area contributed by atoms with E-state index in [1.807, 2.05) is 0 Å². The van der Waals surface area contributed by atoms with Crippen molar-refractivity contribution in [1.29, 1.82) is 5.26 Å². The van der Waals surface area contributed by atoms with Crippen molar-refractivity contribution in [3.8, 4) is 6.07 Å². The van der Waals surface area contributed by atoms with Crippen LogP contribution in [0.2, 0.25) is 0 Å². The lowest BCUT2D eigenvalue weighted by molar-refractivity contribution is -0.139. The van der Waals surface area contributed by atoms with E-state index in [4.69, 9.17) is 5.26 Å². The third-order valence-corrected chi connectivity index (χ3v) is 1.97. The van der Waals surface area contributed by atoms with E-state index in [-0.39, 0.29) is 5.56 Å². The van der Waals surface area contributed by atoms with Gasteiger partial charge in [-0.3, -0.25) is 4.79 Å². The summed E-state index contributed by atoms with van der Waals surface area (Å²) in [5.41, 5.74) is -1.72. The van der Waals surface area contributed by atoms with Crippen molar-refractivity contribution in [1.82, 2.24) is 4.98 Å². The molecule has 0 saturated heterocycles. The third kappa shape index (κ3) is 2.93. The summed E-state index contributed by atoms with van der Waals surface area (Å²) >= 11 is 0. The number of carbonyl (C=O) groups is 1. The van der Waals surface area contributed by atoms with Crippen LogP contribution >= 0.6 is 0 Å². The molecule has 1 aromatic heterocycles. The molecule has 0 aliphatic carbocycles. The van der Waals surface area contributed by atoms with Gasteiger partial charge in [0.1, 0.15) is 23.3 Å². The van der Waals surface area contributed by atoms with Crippen molar-refractivity contribution in [3.05, 3.63) is 28.8 Å². The summed E-state index contributed by atoms with van der Waals surface area (Å²) in [7, 11) is 1.09. The smallest absolute Gasteiger partial charge is 0.310 e. The number of nitrogens with zero attached hydrogens (tertiary/aromatic N) is 2. The number of carbonyl (C=O) groups excluding carboxylic acids is 1. The van der Waals surface area contributed by atoms with Crippen LogP contribution in [-0.2, 0) is 16.0 Å². The van der Waals surface area contributed by atoms with Gasteiger partial charge in [-0.25, -0.2) is 18.2 Å². The fraction of sp³-hybridized carbons (Fsp3) is 0.300. The van der Waals surface area contributed by atoms with E-state index < -0.39 is 36.0 Å². The Morgan fingerprint density at radius 3 is 2.76 bits per heavy atom. The van der Waals surface area contributed by atoms with E-state index in [0.717, 1.165) is 7.11 Å². The highest BCUT2D eigenvalue weighted by molar-refractivity contribution is 5.73. The highest BCUT2D eigenvalue weighted by atomic mass is 19.3. The number of esters is 1. The Morgan fingerprint density at radius 2 is 2.29 bits per heavy atom. The van der Waals surface area contributed by atoms with Gasteiger partial charge in [0.15, 0.2) is 0 Å². The number of alkyl halides is 2. The first kappa shape index (κ1) is 13.0. The molecule has 4 nitrogen and oxygen atoms in total. The van der Waals surface area contributed by atoms with Crippen LogP contribution in [0.15, 0.2) is 6.07 Å². The Kier molecular flexibility index (Phi) is 4.04. The van der Waals surface area contributed by atoms with E-state index in [1.54, 1.807) is 0 Å². The Balaban J connectivity index is 3.22. The second-order valence-corrected chi connectivity index (χ2v) is 3.02. The Morgan fingerprint density at radius 1 is 1.65 bits per heavy atom. The van der Waals surface area contributed by atoms with Gasteiger partial charge in [-0.05, 0) is 0 Å². The van der Waals surface area contributed by atoms with Crippen molar-refractivity contribution in [2.24, 2.45) is 0 Å². The van der Waals surface area contributed by atoms with Crippen molar-refractivity contribution >= 4 is 5.97 Å². The lowest BCUT2D eigenvalue weighted by atomic mass is 10.1. The molecule has 17 heavy (non-hydrogen) atoms. The van der Waals surface area contributed by atoms with E-state index >= 15 is 0 Å². The van der Waals surface area contributed by atoms with Gasteiger partial charge in [-0.2, -0.15) is 5.26 Å². The maximum absolute atomic E-state index is 13.4. The predicted octanol–water partition coefficient (Wildman–Crippen LogP) is 1.75. The first-order chi connectivity index (χ1) is 7.99. The maximum atomic E-state index is 13.4. The summed E-state index contributed by atoms with van der Waals surface area (Å²) in [4.78, 5) is 14.2. The van der Waals surface area contributed by atoms with Gasteiger partial charge in [0.25, 0.3) is 6.43 Å². The fourth-order valence-electron chi connectivity index (χ4n) is 1.15. The monoisotopic (exact) mass is 244 g/mol. The molecule has 0 unspecified atom stereocenters. The molecule has 7 heteroatoms. The second-order valence-electron chi connectivity index (χ2n) is 3.02. The van der Waals surface area contributed by atoms with Gasteiger partial charge >= 0.3 is 5.97 Å². The molecule has 0 aliphatic heterocycles. The number of hydrogen-bond donors (Lipinski definition) is 0. The van der Waals surface area contributed by atoms with Crippen LogP contribution in [0, 0.1) is 17.1 Å². The highest BCUT2D eigenvalue weighted by Gasteiger charge is 2.19. The van der Waals surface area contributed by atoms with Crippen LogP contribution in [0.25, 0.3) is 0 Å². The second kappa shape index (κ2) is 5.30. The van der Waals surface area contributed by atoms with Gasteiger partial charge in [0, 0.05) is 11.6 Å². The Labute approximate surface area is 94.6 Å². The van der Waals surface area contributed by atoms with Crippen LogP contribution in [-0.4, -0.2) is 18.1 Å². The van der Waals surface area contributed by atoms with E-state index in [9.17, 15) is 18.0 Å². The average molecular weight is 244 g/mol. The molecule has 0 N–H and O–H groups in total. The lowest BCUT2D eigenvalue weighted by Crippen LogP contribution is -2.10. The molecule has 0 atom stereocenters. The summed E-state index contributed by atoms with van der Waals surface area (Å²) in [6.07, 6.45) is -3.51. The predicted molar refractivity (Wildman–Crippen MR) is 49.6 cm³/mol. The molecule has 0 aliphatic rings. The van der Waals surface area contributed by atoms with Crippen LogP contribution in [0.5, 0.6) is 0 Å². The van der Waals surface area contributed by atoms with Crippen LogP contribution in [0.4, 0.5) is 13.2 Å². The maximum Gasteiger partial charge on any atom is 0.310 e. The molecule has 0 saturated carbocycles. The molecule has 0 bridgehead atoms. The number of hydrogen-bond acceptors (Lipinski definition) is 4. The number of nitriles is 1. The van der Waals surface area contributed by atoms with Gasteiger partial charge in [-0.15, -0.1) is 0 Å². The lowest BCUT2D eigenvalue weighted by Gasteiger charge is -2.06. The normalized spacial score (nSPS) is 10.1. The number of methoxy groups -OCH3 is 1. The van der Waals surface area contributed by atoms with Gasteiger partial charge in [-0.1, -0.05) is 0 Å². The van der Waals surface area contributed by atoms with Crippen molar-refractivity contribution in [2.45, 2.75) is 12.8 Å². The third-order valence-electron chi connectivity index (χ3n) is 1.97. The standard InChI is InChI=1S/C10H7F3N2O2/c1-17-9(16)2-5-6(11)3-7(10(12)13)15-8(5)4-14/h3,10H,2H2,1H3. The number of halogens is 3. The largest absolute Gasteiger partial charge is 0.469 e. The van der Waals surface area contributed by atoms with Crippen molar-refractivity contribution in [2.75, 3.05) is 7.11 Å². The zero-order valence-corrected chi connectivity index (χ0v) is 8.71. The zero-order chi connectivity index (χ0) is 13.0. The molecular weight excluding hydrogens is 237 g/mol. The van der Waals surface area contributed by atoms with Crippen LogP contribution < -0.4 is 0 Å². The van der Waals surface area contributed by atoms with E-state index in [2.05, 4.69) is 9.72 Å². The summed E-state index contributed by atoms with van der Waals surface area (Å²) in [5, 5.41) is 8.66. The number of rotatable bonds is 3. The highest BCUT2D eigenvalue weighted by Crippen LogP contribution is 2.21. The summed E-state index contributed by atoms with van der Waals surface area (Å²) in [6, 6.07) is 1.97. The summed E-state index contributed by atoms with van der Waals surface area (Å²) < 4.78 is 42.3. The Hall–Kier alpha value is -2.10. The number of pyridine rings is 1. The topological polar surface area (TPSA) is 63.0 Å². The van der Waals surface area contributed by atoms with E-state index in [0.29, 0.717) is 6.07 Å². The minimum absolute atomic E-state index is 0.344. The summed E-state index contributed by atoms with van der Waals surface area (Å²) in [6.45, 7) is 0. The molecule has 90 valence electrons. The van der Waals surface area contributed by atoms with Crippen molar-refractivity contribution < 1.29 is 22.7 Å². The van der Waals surface area contributed by atoms with Crippen LogP contribution in [0.1, 0.15) is 23.4 Å². The molecular formula is C10H7F3N2O2. The minimum atomic E-state index is -2.98. The average Bonchev–Trinajstić information content (AvgIpc) is 2.30. The number of ether oxygens (including phenoxy) is 1. The Bertz CT molecular complexity index is 483. The quantitative estimate of drug-likeness (QED) is 0.760. The molecule has 0 aromatic carbocycles.